The second kappa shape index (κ2) is 5.58. The average Bonchev–Trinajstić information content (AvgIpc) is 2.74. The molecule has 4 heteroatoms. The molecule has 1 aromatic heterocycles. The van der Waals surface area contributed by atoms with Gasteiger partial charge in [0.2, 0.25) is 0 Å². The van der Waals surface area contributed by atoms with Crippen molar-refractivity contribution >= 4 is 11.6 Å². The maximum Gasteiger partial charge on any atom is 0.0864 e. The molecule has 0 spiro atoms. The predicted molar refractivity (Wildman–Crippen MR) is 82.0 cm³/mol. The van der Waals surface area contributed by atoms with Crippen LogP contribution < -0.4 is 0 Å². The molecule has 20 heavy (non-hydrogen) atoms. The van der Waals surface area contributed by atoms with Crippen molar-refractivity contribution < 1.29 is 5.11 Å². The molecule has 0 aliphatic carbocycles. The minimum atomic E-state index is -0.599. The number of aliphatic hydroxyl groups is 1. The molecule has 108 valence electrons. The van der Waals surface area contributed by atoms with Crippen molar-refractivity contribution in [1.82, 2.24) is 9.78 Å². The summed E-state index contributed by atoms with van der Waals surface area (Å²) >= 11 is 6.16. The molecule has 0 aliphatic rings. The van der Waals surface area contributed by atoms with E-state index in [1.807, 2.05) is 37.5 Å². The lowest BCUT2D eigenvalue weighted by atomic mass is 9.87. The quantitative estimate of drug-likeness (QED) is 0.938. The Labute approximate surface area is 125 Å². The smallest absolute Gasteiger partial charge is 0.0864 e. The summed E-state index contributed by atoms with van der Waals surface area (Å²) < 4.78 is 1.76. The highest BCUT2D eigenvalue weighted by molar-refractivity contribution is 6.31. The Morgan fingerprint density at radius 1 is 1.30 bits per heavy atom. The monoisotopic (exact) mass is 292 g/mol. The number of nitrogens with zero attached hydrogens (tertiary/aromatic N) is 2. The maximum atomic E-state index is 10.5. The zero-order chi connectivity index (χ0) is 14.9. The van der Waals surface area contributed by atoms with Crippen LogP contribution in [0.3, 0.4) is 0 Å². The third kappa shape index (κ3) is 3.22. The first-order valence-electron chi connectivity index (χ1n) is 6.74. The summed E-state index contributed by atoms with van der Waals surface area (Å²) in [5.41, 5.74) is 2.66. The second-order valence-corrected chi connectivity index (χ2v) is 6.58. The predicted octanol–water partition coefficient (Wildman–Crippen LogP) is 3.65. The summed E-state index contributed by atoms with van der Waals surface area (Å²) in [6, 6.07) is 7.61. The highest BCUT2D eigenvalue weighted by Gasteiger charge is 2.26. The van der Waals surface area contributed by atoms with Crippen LogP contribution in [0.5, 0.6) is 0 Å². The molecule has 0 saturated heterocycles. The summed E-state index contributed by atoms with van der Waals surface area (Å²) in [5, 5.41) is 15.7. The molecule has 0 saturated carbocycles. The van der Waals surface area contributed by atoms with Crippen LogP contribution in [0, 0.1) is 0 Å². The number of aromatic nitrogens is 2. The number of aliphatic hydroxyl groups excluding tert-OH is 1. The molecule has 1 atom stereocenters. The highest BCUT2D eigenvalue weighted by atomic mass is 35.5. The summed E-state index contributed by atoms with van der Waals surface area (Å²) in [6.45, 7) is 6.29. The Balaban J connectivity index is 2.30. The molecular weight excluding hydrogens is 272 g/mol. The lowest BCUT2D eigenvalue weighted by Gasteiger charge is -2.20. The van der Waals surface area contributed by atoms with Gasteiger partial charge in [-0.1, -0.05) is 50.6 Å². The zero-order valence-electron chi connectivity index (χ0n) is 12.4. The van der Waals surface area contributed by atoms with Crippen molar-refractivity contribution in [3.8, 4) is 0 Å². The van der Waals surface area contributed by atoms with Gasteiger partial charge in [-0.2, -0.15) is 5.10 Å². The van der Waals surface area contributed by atoms with Crippen LogP contribution in [0.25, 0.3) is 0 Å². The van der Waals surface area contributed by atoms with Crippen molar-refractivity contribution in [2.24, 2.45) is 7.05 Å². The van der Waals surface area contributed by atoms with E-state index in [1.165, 1.54) is 0 Å². The number of hydrogen-bond acceptors (Lipinski definition) is 2. The van der Waals surface area contributed by atoms with Gasteiger partial charge >= 0.3 is 0 Å². The normalized spacial score (nSPS) is 13.5. The van der Waals surface area contributed by atoms with E-state index >= 15 is 0 Å². The van der Waals surface area contributed by atoms with Gasteiger partial charge in [0.05, 0.1) is 11.8 Å². The van der Waals surface area contributed by atoms with Crippen molar-refractivity contribution in [3.05, 3.63) is 52.3 Å². The molecule has 2 rings (SSSR count). The Kier molecular flexibility index (Phi) is 4.21. The van der Waals surface area contributed by atoms with Gasteiger partial charge in [-0.15, -0.1) is 0 Å². The van der Waals surface area contributed by atoms with Gasteiger partial charge in [-0.05, 0) is 11.6 Å². The van der Waals surface area contributed by atoms with E-state index in [0.29, 0.717) is 11.4 Å². The zero-order valence-corrected chi connectivity index (χ0v) is 13.1. The van der Waals surface area contributed by atoms with Crippen LogP contribution in [-0.4, -0.2) is 14.9 Å². The minimum absolute atomic E-state index is 0.0992. The van der Waals surface area contributed by atoms with Crippen LogP contribution in [0.1, 0.15) is 43.7 Å². The molecule has 1 heterocycles. The van der Waals surface area contributed by atoms with Crippen LogP contribution in [0.4, 0.5) is 0 Å². The number of rotatable bonds is 3. The van der Waals surface area contributed by atoms with Crippen molar-refractivity contribution in [2.45, 2.75) is 38.7 Å². The topological polar surface area (TPSA) is 38.0 Å². The standard InChI is InChI=1S/C16H21ClN2O/c1-16(2,3)15-12(10-19(4)18-15)14(20)9-11-7-5-6-8-13(11)17/h5-8,10,14,20H,9H2,1-4H3. The molecule has 3 nitrogen and oxygen atoms in total. The average molecular weight is 293 g/mol. The molecule has 1 aromatic carbocycles. The first-order chi connectivity index (χ1) is 9.29. The van der Waals surface area contributed by atoms with E-state index in [2.05, 4.69) is 25.9 Å². The van der Waals surface area contributed by atoms with Crippen LogP contribution >= 0.6 is 11.6 Å². The number of hydrogen-bond donors (Lipinski definition) is 1. The Morgan fingerprint density at radius 3 is 2.55 bits per heavy atom. The third-order valence-corrected chi connectivity index (χ3v) is 3.67. The molecule has 0 radical (unpaired) electrons. The highest BCUT2D eigenvalue weighted by Crippen LogP contribution is 2.31. The number of benzene rings is 1. The molecule has 0 amide bonds. The third-order valence-electron chi connectivity index (χ3n) is 3.30. The molecule has 0 fully saturated rings. The SMILES string of the molecule is Cn1cc(C(O)Cc2ccccc2Cl)c(C(C)(C)C)n1. The van der Waals surface area contributed by atoms with Gasteiger partial charge in [0.15, 0.2) is 0 Å². The second-order valence-electron chi connectivity index (χ2n) is 6.17. The van der Waals surface area contributed by atoms with Gasteiger partial charge in [0.25, 0.3) is 0 Å². The van der Waals surface area contributed by atoms with E-state index < -0.39 is 6.10 Å². The van der Waals surface area contributed by atoms with Crippen molar-refractivity contribution in [3.63, 3.8) is 0 Å². The maximum absolute atomic E-state index is 10.5. The summed E-state index contributed by atoms with van der Waals surface area (Å²) in [6.07, 6.45) is 1.79. The van der Waals surface area contributed by atoms with Crippen molar-refractivity contribution in [1.29, 1.82) is 0 Å². The van der Waals surface area contributed by atoms with E-state index in [4.69, 9.17) is 11.6 Å². The van der Waals surface area contributed by atoms with Gasteiger partial charge in [-0.3, -0.25) is 4.68 Å². The first kappa shape index (κ1) is 15.1. The number of halogens is 1. The van der Waals surface area contributed by atoms with E-state index in [1.54, 1.807) is 4.68 Å². The Morgan fingerprint density at radius 2 is 1.95 bits per heavy atom. The fourth-order valence-electron chi connectivity index (χ4n) is 2.32. The van der Waals surface area contributed by atoms with Crippen LogP contribution in [0.2, 0.25) is 5.02 Å². The van der Waals surface area contributed by atoms with Gasteiger partial charge in [-0.25, -0.2) is 0 Å². The number of aryl methyl sites for hydroxylation is 1. The van der Waals surface area contributed by atoms with Gasteiger partial charge in [0, 0.05) is 35.7 Å². The van der Waals surface area contributed by atoms with E-state index in [9.17, 15) is 5.11 Å². The lowest BCUT2D eigenvalue weighted by molar-refractivity contribution is 0.176. The fraction of sp³-hybridized carbons (Fsp3) is 0.438. The molecule has 2 aromatic rings. The van der Waals surface area contributed by atoms with Gasteiger partial charge < -0.3 is 5.11 Å². The molecule has 0 bridgehead atoms. The molecular formula is C16H21ClN2O. The van der Waals surface area contributed by atoms with E-state index in [-0.39, 0.29) is 5.41 Å². The molecule has 1 N–H and O–H groups in total. The summed E-state index contributed by atoms with van der Waals surface area (Å²) in [7, 11) is 1.88. The molecule has 0 aliphatic heterocycles. The summed E-state index contributed by atoms with van der Waals surface area (Å²) in [4.78, 5) is 0. The fourth-order valence-corrected chi connectivity index (χ4v) is 2.53. The largest absolute Gasteiger partial charge is 0.388 e. The molecule has 1 unspecified atom stereocenters. The Hall–Kier alpha value is -1.32. The minimum Gasteiger partial charge on any atom is -0.388 e. The van der Waals surface area contributed by atoms with E-state index in [0.717, 1.165) is 16.8 Å². The first-order valence-corrected chi connectivity index (χ1v) is 7.12. The lowest BCUT2D eigenvalue weighted by Crippen LogP contribution is -2.17. The van der Waals surface area contributed by atoms with Crippen LogP contribution in [-0.2, 0) is 18.9 Å². The van der Waals surface area contributed by atoms with Gasteiger partial charge in [0.1, 0.15) is 0 Å². The summed E-state index contributed by atoms with van der Waals surface area (Å²) in [5.74, 6) is 0. The van der Waals surface area contributed by atoms with Crippen LogP contribution in [0.15, 0.2) is 30.5 Å². The Bertz CT molecular complexity index is 599. The van der Waals surface area contributed by atoms with Crippen molar-refractivity contribution in [2.75, 3.05) is 0 Å².